The number of esters is 1. The molecule has 1 aliphatic carbocycles. The van der Waals surface area contributed by atoms with Gasteiger partial charge in [-0.3, -0.25) is 4.79 Å². The summed E-state index contributed by atoms with van der Waals surface area (Å²) in [7, 11) is 1.36. The molecule has 4 rings (SSSR count). The number of rotatable bonds is 2. The molecule has 0 saturated heterocycles. The number of ketones is 1. The van der Waals surface area contributed by atoms with Crippen molar-refractivity contribution in [2.45, 2.75) is 12.8 Å². The molecule has 0 amide bonds. The van der Waals surface area contributed by atoms with Crippen LogP contribution in [0.25, 0.3) is 5.70 Å². The first-order chi connectivity index (χ1) is 12.0. The number of hydrogen-bond acceptors (Lipinski definition) is 5. The normalized spacial score (nSPS) is 18.8. The summed E-state index contributed by atoms with van der Waals surface area (Å²) in [5.41, 5.74) is 4.15. The third-order valence-electron chi connectivity index (χ3n) is 4.53. The lowest BCUT2D eigenvalue weighted by atomic mass is 9.83. The van der Waals surface area contributed by atoms with E-state index >= 15 is 0 Å². The van der Waals surface area contributed by atoms with Crippen molar-refractivity contribution in [3.63, 3.8) is 0 Å². The number of allylic oxidation sites excluding steroid dienone is 2. The van der Waals surface area contributed by atoms with Gasteiger partial charge in [-0.25, -0.2) is 4.79 Å². The van der Waals surface area contributed by atoms with Crippen LogP contribution in [-0.4, -0.2) is 18.9 Å². The second-order valence-corrected chi connectivity index (χ2v) is 8.39. The number of carbonyl (C=O) groups is 2. The average molecular weight is 416 g/mol. The molecule has 25 heavy (non-hydrogen) atoms. The van der Waals surface area contributed by atoms with Crippen LogP contribution < -0.4 is 5.32 Å². The van der Waals surface area contributed by atoms with Crippen molar-refractivity contribution in [1.29, 1.82) is 0 Å². The van der Waals surface area contributed by atoms with Gasteiger partial charge in [0.2, 0.25) is 0 Å². The standard InChI is InChI=1S/C19H14BrNO3S/c1-9-14(19(23)24-2)15(12-7-8-13(20)25-12)16-17(21-9)10-5-3-4-6-11(10)18(16)22/h3-8,15,21H,1-2H3/t15-/m1/s1. The number of thiophene rings is 1. The van der Waals surface area contributed by atoms with E-state index in [1.807, 2.05) is 43.3 Å². The van der Waals surface area contributed by atoms with Gasteiger partial charge in [-0.15, -0.1) is 11.3 Å². The van der Waals surface area contributed by atoms with Crippen LogP contribution in [0.3, 0.4) is 0 Å². The minimum atomic E-state index is -0.431. The minimum Gasteiger partial charge on any atom is -0.466 e. The highest BCUT2D eigenvalue weighted by Crippen LogP contribution is 2.48. The molecule has 0 radical (unpaired) electrons. The molecule has 4 nitrogen and oxygen atoms in total. The number of hydrogen-bond donors (Lipinski definition) is 1. The van der Waals surface area contributed by atoms with Gasteiger partial charge in [0.15, 0.2) is 5.78 Å². The lowest BCUT2D eigenvalue weighted by molar-refractivity contribution is -0.136. The second-order valence-electron chi connectivity index (χ2n) is 5.89. The molecular weight excluding hydrogens is 402 g/mol. The molecule has 1 aliphatic heterocycles. The summed E-state index contributed by atoms with van der Waals surface area (Å²) in [4.78, 5) is 26.5. The third kappa shape index (κ3) is 2.40. The molecule has 0 saturated carbocycles. The molecule has 0 fully saturated rings. The van der Waals surface area contributed by atoms with Crippen LogP contribution in [0.1, 0.15) is 33.6 Å². The molecule has 0 bridgehead atoms. The summed E-state index contributed by atoms with van der Waals surface area (Å²) >= 11 is 4.99. The molecule has 0 unspecified atom stereocenters. The van der Waals surface area contributed by atoms with Gasteiger partial charge in [0.1, 0.15) is 0 Å². The Bertz CT molecular complexity index is 986. The molecule has 1 atom stereocenters. The third-order valence-corrected chi connectivity index (χ3v) is 6.22. The Labute approximate surface area is 157 Å². The lowest BCUT2D eigenvalue weighted by Crippen LogP contribution is -2.28. The molecule has 2 heterocycles. The van der Waals surface area contributed by atoms with Crippen LogP contribution in [0.5, 0.6) is 0 Å². The summed E-state index contributed by atoms with van der Waals surface area (Å²) in [6, 6.07) is 11.4. The zero-order valence-electron chi connectivity index (χ0n) is 13.6. The Kier molecular flexibility index (Phi) is 3.89. The van der Waals surface area contributed by atoms with Crippen molar-refractivity contribution in [2.75, 3.05) is 7.11 Å². The fourth-order valence-electron chi connectivity index (χ4n) is 3.48. The largest absolute Gasteiger partial charge is 0.466 e. The number of dihydropyridines is 1. The van der Waals surface area contributed by atoms with Crippen molar-refractivity contribution in [1.82, 2.24) is 5.32 Å². The number of ether oxygens (including phenoxy) is 1. The van der Waals surface area contributed by atoms with E-state index in [0.29, 0.717) is 22.4 Å². The number of carbonyl (C=O) groups excluding carboxylic acids is 2. The van der Waals surface area contributed by atoms with E-state index in [1.165, 1.54) is 18.4 Å². The number of fused-ring (bicyclic) bond motifs is 2. The number of benzene rings is 1. The van der Waals surface area contributed by atoms with E-state index in [0.717, 1.165) is 19.9 Å². The van der Waals surface area contributed by atoms with Gasteiger partial charge < -0.3 is 10.1 Å². The quantitative estimate of drug-likeness (QED) is 0.744. The first kappa shape index (κ1) is 16.3. The van der Waals surface area contributed by atoms with E-state index < -0.39 is 11.9 Å². The Morgan fingerprint density at radius 2 is 1.92 bits per heavy atom. The van der Waals surface area contributed by atoms with Crippen molar-refractivity contribution in [3.8, 4) is 0 Å². The summed E-state index contributed by atoms with van der Waals surface area (Å²) in [5, 5.41) is 3.27. The van der Waals surface area contributed by atoms with Gasteiger partial charge >= 0.3 is 5.97 Å². The van der Waals surface area contributed by atoms with Crippen LogP contribution in [0, 0.1) is 0 Å². The number of methoxy groups -OCH3 is 1. The zero-order chi connectivity index (χ0) is 17.7. The van der Waals surface area contributed by atoms with Crippen molar-refractivity contribution < 1.29 is 14.3 Å². The SMILES string of the molecule is COC(=O)C1=C(C)NC2=C(C(=O)c3ccccc32)[C@@H]1c1ccc(Br)s1. The predicted octanol–water partition coefficient (Wildman–Crippen LogP) is 4.25. The molecule has 1 aromatic carbocycles. The van der Waals surface area contributed by atoms with Gasteiger partial charge in [0.05, 0.1) is 28.1 Å². The van der Waals surface area contributed by atoms with Crippen LogP contribution >= 0.6 is 27.3 Å². The number of halogens is 1. The highest BCUT2D eigenvalue weighted by Gasteiger charge is 2.43. The molecule has 2 aromatic rings. The van der Waals surface area contributed by atoms with Crippen molar-refractivity contribution >= 4 is 44.7 Å². The number of Topliss-reactive ketones (excluding diaryl/α,β-unsaturated/α-hetero) is 1. The van der Waals surface area contributed by atoms with E-state index in [-0.39, 0.29) is 5.78 Å². The second kappa shape index (κ2) is 5.97. The molecule has 126 valence electrons. The molecule has 0 spiro atoms. The van der Waals surface area contributed by atoms with Crippen molar-refractivity contribution in [3.05, 3.63) is 73.0 Å². The van der Waals surface area contributed by atoms with Gasteiger partial charge in [0, 0.05) is 27.3 Å². The molecule has 6 heteroatoms. The predicted molar refractivity (Wildman–Crippen MR) is 100 cm³/mol. The fraction of sp³-hybridized carbons (Fsp3) is 0.158. The highest BCUT2D eigenvalue weighted by atomic mass is 79.9. The first-order valence-corrected chi connectivity index (χ1v) is 9.33. The number of nitrogens with one attached hydrogen (secondary N) is 1. The minimum absolute atomic E-state index is 0.0403. The Hall–Kier alpha value is -2.18. The molecule has 1 aromatic heterocycles. The topological polar surface area (TPSA) is 55.4 Å². The summed E-state index contributed by atoms with van der Waals surface area (Å²) in [5.74, 6) is -0.892. The maximum absolute atomic E-state index is 13.1. The van der Waals surface area contributed by atoms with E-state index in [2.05, 4.69) is 21.2 Å². The first-order valence-electron chi connectivity index (χ1n) is 7.72. The Balaban J connectivity index is 1.96. The summed E-state index contributed by atoms with van der Waals surface area (Å²) in [6.07, 6.45) is 0. The van der Waals surface area contributed by atoms with Crippen LogP contribution in [0.2, 0.25) is 0 Å². The Morgan fingerprint density at radius 3 is 2.56 bits per heavy atom. The van der Waals surface area contributed by atoms with E-state index in [1.54, 1.807) is 0 Å². The van der Waals surface area contributed by atoms with Gasteiger partial charge in [-0.05, 0) is 35.0 Å². The van der Waals surface area contributed by atoms with Gasteiger partial charge in [-0.2, -0.15) is 0 Å². The summed E-state index contributed by atoms with van der Waals surface area (Å²) < 4.78 is 5.95. The zero-order valence-corrected chi connectivity index (χ0v) is 16.0. The lowest BCUT2D eigenvalue weighted by Gasteiger charge is -2.28. The maximum Gasteiger partial charge on any atom is 0.336 e. The van der Waals surface area contributed by atoms with E-state index in [9.17, 15) is 9.59 Å². The van der Waals surface area contributed by atoms with Gasteiger partial charge in [-0.1, -0.05) is 24.3 Å². The van der Waals surface area contributed by atoms with Crippen molar-refractivity contribution in [2.24, 2.45) is 0 Å². The smallest absolute Gasteiger partial charge is 0.336 e. The monoisotopic (exact) mass is 415 g/mol. The Morgan fingerprint density at radius 1 is 1.20 bits per heavy atom. The fourth-order valence-corrected chi connectivity index (χ4v) is 5.02. The van der Waals surface area contributed by atoms with E-state index in [4.69, 9.17) is 4.74 Å². The molecular formula is C19H14BrNO3S. The van der Waals surface area contributed by atoms with Crippen LogP contribution in [-0.2, 0) is 9.53 Å². The maximum atomic E-state index is 13.1. The molecule has 2 aliphatic rings. The highest BCUT2D eigenvalue weighted by molar-refractivity contribution is 9.11. The molecule has 1 N–H and O–H groups in total. The van der Waals surface area contributed by atoms with Crippen LogP contribution in [0.4, 0.5) is 0 Å². The summed E-state index contributed by atoms with van der Waals surface area (Å²) in [6.45, 7) is 1.84. The van der Waals surface area contributed by atoms with Gasteiger partial charge in [0.25, 0.3) is 0 Å². The van der Waals surface area contributed by atoms with Crippen LogP contribution in [0.15, 0.2) is 57.0 Å². The average Bonchev–Trinajstić information content (AvgIpc) is 3.16.